The summed E-state index contributed by atoms with van der Waals surface area (Å²) >= 11 is 1.53. The molecule has 0 saturated carbocycles. The molecule has 0 unspecified atom stereocenters. The van der Waals surface area contributed by atoms with Gasteiger partial charge in [-0.25, -0.2) is 9.78 Å². The van der Waals surface area contributed by atoms with Crippen LogP contribution in [-0.2, 0) is 20.7 Å². The summed E-state index contributed by atoms with van der Waals surface area (Å²) in [6, 6.07) is 7.04. The van der Waals surface area contributed by atoms with Crippen molar-refractivity contribution in [3.8, 4) is 0 Å². The molecule has 2 N–H and O–H groups in total. The van der Waals surface area contributed by atoms with Gasteiger partial charge in [-0.3, -0.25) is 14.9 Å². The molecule has 0 bridgehead atoms. The number of imide groups is 1. The summed E-state index contributed by atoms with van der Waals surface area (Å²) in [5.41, 5.74) is 0.904. The number of aryl methyl sites for hydroxylation is 1. The van der Waals surface area contributed by atoms with Gasteiger partial charge in [-0.2, -0.15) is 0 Å². The van der Waals surface area contributed by atoms with E-state index in [1.165, 1.54) is 11.3 Å². The van der Waals surface area contributed by atoms with Crippen LogP contribution in [0.25, 0.3) is 10.2 Å². The van der Waals surface area contributed by atoms with Gasteiger partial charge in [0.1, 0.15) is 0 Å². The smallest absolute Gasteiger partial charge is 0.321 e. The van der Waals surface area contributed by atoms with Crippen molar-refractivity contribution >= 4 is 39.5 Å². The van der Waals surface area contributed by atoms with E-state index in [1.807, 2.05) is 24.3 Å². The number of rotatable bonds is 6. The van der Waals surface area contributed by atoms with Gasteiger partial charge in [0.2, 0.25) is 0 Å². The molecule has 0 aliphatic rings. The van der Waals surface area contributed by atoms with E-state index in [4.69, 9.17) is 4.74 Å². The van der Waals surface area contributed by atoms with Crippen LogP contribution >= 0.6 is 11.3 Å². The Morgan fingerprint density at radius 3 is 2.71 bits per heavy atom. The van der Waals surface area contributed by atoms with E-state index in [-0.39, 0.29) is 12.5 Å². The third-order valence-electron chi connectivity index (χ3n) is 2.92. The minimum absolute atomic E-state index is 0.0887. The van der Waals surface area contributed by atoms with Gasteiger partial charge in [0.25, 0.3) is 5.91 Å². The van der Waals surface area contributed by atoms with Crippen LogP contribution in [0, 0.1) is 0 Å². The molecule has 1 heterocycles. The van der Waals surface area contributed by atoms with Crippen LogP contribution in [0.3, 0.4) is 0 Å². The number of benzene rings is 1. The number of esters is 1. The summed E-state index contributed by atoms with van der Waals surface area (Å²) in [6.45, 7) is 3.06. The van der Waals surface area contributed by atoms with Crippen LogP contribution in [-0.4, -0.2) is 35.5 Å². The number of hydrogen-bond donors (Lipinski definition) is 2. The molecule has 2 rings (SSSR count). The van der Waals surface area contributed by atoms with E-state index in [0.717, 1.165) is 15.2 Å². The van der Waals surface area contributed by atoms with Gasteiger partial charge in [-0.1, -0.05) is 12.1 Å². The lowest BCUT2D eigenvalue weighted by Gasteiger charge is -2.09. The number of carbonyl (C=O) groups excluding carboxylic acids is 3. The number of fused-ring (bicyclic) bond motifs is 1. The molecule has 2 aromatic rings. The second kappa shape index (κ2) is 8.39. The van der Waals surface area contributed by atoms with Crippen molar-refractivity contribution in [1.29, 1.82) is 0 Å². The Hall–Kier alpha value is -2.48. The number of nitrogens with one attached hydrogen (secondary N) is 2. The van der Waals surface area contributed by atoms with Crippen molar-refractivity contribution in [2.45, 2.75) is 32.7 Å². The number of aromatic nitrogens is 1. The van der Waals surface area contributed by atoms with Crippen LogP contribution in [0.5, 0.6) is 0 Å². The first-order valence-electron chi connectivity index (χ1n) is 7.54. The number of thiazole rings is 1. The quantitative estimate of drug-likeness (QED) is 0.778. The Kier molecular flexibility index (Phi) is 6.25. The minimum atomic E-state index is -0.665. The van der Waals surface area contributed by atoms with Gasteiger partial charge in [-0.05, 0) is 26.0 Å². The number of carbonyl (C=O) groups is 3. The number of nitrogens with zero attached hydrogens (tertiary/aromatic N) is 1. The summed E-state index contributed by atoms with van der Waals surface area (Å²) in [5.74, 6) is -1.17. The molecule has 0 aliphatic heterocycles. The molecule has 0 aliphatic carbocycles. The number of ether oxygens (including phenoxy) is 1. The highest BCUT2D eigenvalue weighted by Gasteiger charge is 2.12. The van der Waals surface area contributed by atoms with E-state index in [2.05, 4.69) is 15.6 Å². The Balaban J connectivity index is 1.71. The molecule has 0 spiro atoms. The summed E-state index contributed by atoms with van der Waals surface area (Å²) in [6.07, 6.45) is 0.582. The van der Waals surface area contributed by atoms with Gasteiger partial charge < -0.3 is 10.1 Å². The average Bonchev–Trinajstić information content (AvgIpc) is 2.93. The zero-order valence-corrected chi connectivity index (χ0v) is 14.3. The van der Waals surface area contributed by atoms with Gasteiger partial charge in [0, 0.05) is 12.5 Å². The zero-order chi connectivity index (χ0) is 17.5. The zero-order valence-electron chi connectivity index (χ0n) is 13.5. The molecule has 0 fully saturated rings. The van der Waals surface area contributed by atoms with Crippen LogP contribution < -0.4 is 10.6 Å². The fourth-order valence-electron chi connectivity index (χ4n) is 1.92. The fraction of sp³-hybridized carbons (Fsp3) is 0.375. The summed E-state index contributed by atoms with van der Waals surface area (Å²) in [7, 11) is 0. The lowest BCUT2D eigenvalue weighted by Crippen LogP contribution is -2.44. The lowest BCUT2D eigenvalue weighted by atomic mass is 10.3. The summed E-state index contributed by atoms with van der Waals surface area (Å²) in [5, 5.41) is 5.43. The van der Waals surface area contributed by atoms with E-state index in [9.17, 15) is 14.4 Å². The highest BCUT2D eigenvalue weighted by Crippen LogP contribution is 2.22. The van der Waals surface area contributed by atoms with E-state index < -0.39 is 24.5 Å². The summed E-state index contributed by atoms with van der Waals surface area (Å²) in [4.78, 5) is 38.9. The number of urea groups is 1. The Bertz CT molecular complexity index is 709. The first-order valence-corrected chi connectivity index (χ1v) is 8.36. The van der Waals surface area contributed by atoms with Crippen LogP contribution in [0.2, 0.25) is 0 Å². The predicted octanol–water partition coefficient (Wildman–Crippen LogP) is 2.01. The number of hydrogen-bond acceptors (Lipinski definition) is 6. The average molecular weight is 349 g/mol. The van der Waals surface area contributed by atoms with Gasteiger partial charge in [-0.15, -0.1) is 11.3 Å². The normalized spacial score (nSPS) is 10.6. The third kappa shape index (κ3) is 5.62. The molecular formula is C16H19N3O4S. The fourth-order valence-corrected chi connectivity index (χ4v) is 2.88. The van der Waals surface area contributed by atoms with E-state index in [1.54, 1.807) is 13.8 Å². The Morgan fingerprint density at radius 2 is 2.00 bits per heavy atom. The monoisotopic (exact) mass is 349 g/mol. The highest BCUT2D eigenvalue weighted by molar-refractivity contribution is 7.18. The maximum atomic E-state index is 11.7. The SMILES string of the molecule is CC(C)NC(=O)NC(=O)COC(=O)CCc1nc2ccccc2s1. The molecule has 1 aromatic heterocycles. The Morgan fingerprint density at radius 1 is 1.25 bits per heavy atom. The molecule has 8 heteroatoms. The minimum Gasteiger partial charge on any atom is -0.456 e. The first-order chi connectivity index (χ1) is 11.4. The molecule has 0 saturated heterocycles. The lowest BCUT2D eigenvalue weighted by molar-refractivity contribution is -0.148. The third-order valence-corrected chi connectivity index (χ3v) is 4.01. The number of amides is 3. The van der Waals surface area contributed by atoms with Crippen molar-refractivity contribution in [3.05, 3.63) is 29.3 Å². The van der Waals surface area contributed by atoms with E-state index >= 15 is 0 Å². The predicted molar refractivity (Wildman–Crippen MR) is 90.7 cm³/mol. The standard InChI is InChI=1S/C16H19N3O4S/c1-10(2)17-16(22)19-13(20)9-23-15(21)8-7-14-18-11-5-3-4-6-12(11)24-14/h3-6,10H,7-9H2,1-2H3,(H2,17,19,20,22). The Labute approximate surface area is 143 Å². The van der Waals surface area contributed by atoms with Crippen molar-refractivity contribution < 1.29 is 19.1 Å². The largest absolute Gasteiger partial charge is 0.456 e. The van der Waals surface area contributed by atoms with Crippen LogP contribution in [0.1, 0.15) is 25.3 Å². The van der Waals surface area contributed by atoms with E-state index in [0.29, 0.717) is 6.42 Å². The number of para-hydroxylation sites is 1. The maximum absolute atomic E-state index is 11.7. The second-order valence-electron chi connectivity index (χ2n) is 5.41. The molecule has 7 nitrogen and oxygen atoms in total. The molecule has 0 radical (unpaired) electrons. The second-order valence-corrected chi connectivity index (χ2v) is 6.53. The molecule has 0 atom stereocenters. The maximum Gasteiger partial charge on any atom is 0.321 e. The van der Waals surface area contributed by atoms with Crippen molar-refractivity contribution in [2.24, 2.45) is 0 Å². The molecule has 3 amide bonds. The molecular weight excluding hydrogens is 330 g/mol. The summed E-state index contributed by atoms with van der Waals surface area (Å²) < 4.78 is 5.92. The molecule has 24 heavy (non-hydrogen) atoms. The van der Waals surface area contributed by atoms with Gasteiger partial charge >= 0.3 is 12.0 Å². The van der Waals surface area contributed by atoms with Gasteiger partial charge in [0.15, 0.2) is 6.61 Å². The first kappa shape index (κ1) is 17.9. The van der Waals surface area contributed by atoms with Crippen molar-refractivity contribution in [3.63, 3.8) is 0 Å². The molecule has 1 aromatic carbocycles. The van der Waals surface area contributed by atoms with Crippen LogP contribution in [0.4, 0.5) is 4.79 Å². The topological polar surface area (TPSA) is 97.4 Å². The highest BCUT2D eigenvalue weighted by atomic mass is 32.1. The van der Waals surface area contributed by atoms with Crippen molar-refractivity contribution in [1.82, 2.24) is 15.6 Å². The van der Waals surface area contributed by atoms with Crippen molar-refractivity contribution in [2.75, 3.05) is 6.61 Å². The van der Waals surface area contributed by atoms with Crippen LogP contribution in [0.15, 0.2) is 24.3 Å². The van der Waals surface area contributed by atoms with Gasteiger partial charge in [0.05, 0.1) is 21.6 Å². The molecule has 128 valence electrons.